The van der Waals surface area contributed by atoms with E-state index in [0.717, 1.165) is 11.1 Å². The zero-order chi connectivity index (χ0) is 11.8. The molecule has 0 saturated heterocycles. The highest BCUT2D eigenvalue weighted by molar-refractivity contribution is 5.25. The summed E-state index contributed by atoms with van der Waals surface area (Å²) in [7, 11) is 1.69. The summed E-state index contributed by atoms with van der Waals surface area (Å²) in [6.45, 7) is 1.69. The molecular weight excluding hydrogens is 200 g/mol. The van der Waals surface area contributed by atoms with Crippen molar-refractivity contribution >= 4 is 0 Å². The fourth-order valence-corrected chi connectivity index (χ4v) is 1.53. The summed E-state index contributed by atoms with van der Waals surface area (Å²) >= 11 is 0. The maximum atomic E-state index is 5.69. The summed E-state index contributed by atoms with van der Waals surface area (Å²) < 4.78 is 5.05. The van der Waals surface area contributed by atoms with Crippen molar-refractivity contribution in [3.63, 3.8) is 0 Å². The summed E-state index contributed by atoms with van der Waals surface area (Å²) in [6, 6.07) is 8.30. The second-order valence-electron chi connectivity index (χ2n) is 3.55. The van der Waals surface area contributed by atoms with Crippen LogP contribution >= 0.6 is 0 Å². The minimum Gasteiger partial charge on any atom is -0.380 e. The molecular formula is C13H18N2O. The molecule has 1 aromatic rings. The number of ether oxygens (including phenoxy) is 1. The number of rotatable bonds is 6. The highest BCUT2D eigenvalue weighted by Gasteiger charge is 2.07. The molecule has 1 atom stereocenters. The summed E-state index contributed by atoms with van der Waals surface area (Å²) in [4.78, 5) is 0. The Balaban J connectivity index is 2.67. The summed E-state index contributed by atoms with van der Waals surface area (Å²) in [5.74, 6) is 2.55. The smallest absolute Gasteiger partial charge is 0.0713 e. The Hall–Kier alpha value is -1.34. The quantitative estimate of drug-likeness (QED) is 0.702. The molecule has 0 amide bonds. The number of benzene rings is 1. The van der Waals surface area contributed by atoms with Gasteiger partial charge in [-0.3, -0.25) is 5.32 Å². The lowest BCUT2D eigenvalue weighted by Crippen LogP contribution is -2.28. The Morgan fingerprint density at radius 3 is 2.62 bits per heavy atom. The molecule has 0 fully saturated rings. The van der Waals surface area contributed by atoms with Gasteiger partial charge in [0.25, 0.3) is 0 Å². The van der Waals surface area contributed by atoms with Crippen LogP contribution in [-0.4, -0.2) is 20.2 Å². The van der Waals surface area contributed by atoms with Crippen molar-refractivity contribution in [2.45, 2.75) is 12.6 Å². The van der Waals surface area contributed by atoms with Crippen LogP contribution in [0.4, 0.5) is 0 Å². The van der Waals surface area contributed by atoms with E-state index in [4.69, 9.17) is 16.9 Å². The summed E-state index contributed by atoms with van der Waals surface area (Å²) in [5.41, 5.74) is 7.99. The molecule has 86 valence electrons. The van der Waals surface area contributed by atoms with Gasteiger partial charge in [-0.05, 0) is 11.1 Å². The van der Waals surface area contributed by atoms with Gasteiger partial charge in [0.2, 0.25) is 0 Å². The van der Waals surface area contributed by atoms with Crippen LogP contribution in [-0.2, 0) is 11.3 Å². The average molecular weight is 218 g/mol. The molecule has 1 aromatic carbocycles. The predicted octanol–water partition coefficient (Wildman–Crippen LogP) is 1.06. The van der Waals surface area contributed by atoms with Crippen LogP contribution in [0.1, 0.15) is 17.2 Å². The molecule has 0 aromatic heterocycles. The van der Waals surface area contributed by atoms with Crippen LogP contribution in [0, 0.1) is 12.3 Å². The zero-order valence-corrected chi connectivity index (χ0v) is 9.57. The number of methoxy groups -OCH3 is 1. The van der Waals surface area contributed by atoms with Crippen molar-refractivity contribution in [1.82, 2.24) is 5.32 Å². The first-order valence-electron chi connectivity index (χ1n) is 5.26. The van der Waals surface area contributed by atoms with E-state index in [2.05, 4.69) is 23.4 Å². The molecule has 0 bridgehead atoms. The summed E-state index contributed by atoms with van der Waals surface area (Å²) in [5, 5.41) is 3.19. The fourth-order valence-electron chi connectivity index (χ4n) is 1.53. The van der Waals surface area contributed by atoms with Gasteiger partial charge in [-0.2, -0.15) is 0 Å². The van der Waals surface area contributed by atoms with Crippen LogP contribution in [0.25, 0.3) is 0 Å². The van der Waals surface area contributed by atoms with Gasteiger partial charge >= 0.3 is 0 Å². The third kappa shape index (κ3) is 3.67. The first-order chi connectivity index (χ1) is 7.81. The lowest BCUT2D eigenvalue weighted by atomic mass is 10.1. The molecule has 0 heterocycles. The van der Waals surface area contributed by atoms with Gasteiger partial charge in [0.15, 0.2) is 0 Å². The lowest BCUT2D eigenvalue weighted by Gasteiger charge is -2.16. The standard InChI is InChI=1S/C13H18N2O/c1-3-8-15-13(9-14)12-6-4-11(5-7-12)10-16-2/h1,4-7,13,15H,8-10,14H2,2H3. The largest absolute Gasteiger partial charge is 0.380 e. The Kier molecular flexibility index (Phi) is 5.58. The van der Waals surface area contributed by atoms with Crippen molar-refractivity contribution < 1.29 is 4.74 Å². The Bertz CT molecular complexity index is 340. The highest BCUT2D eigenvalue weighted by atomic mass is 16.5. The Morgan fingerprint density at radius 2 is 2.12 bits per heavy atom. The summed E-state index contributed by atoms with van der Waals surface area (Å²) in [6.07, 6.45) is 5.20. The third-order valence-corrected chi connectivity index (χ3v) is 2.38. The van der Waals surface area contributed by atoms with Crippen molar-refractivity contribution in [3.05, 3.63) is 35.4 Å². The minimum absolute atomic E-state index is 0.118. The van der Waals surface area contributed by atoms with E-state index in [1.54, 1.807) is 7.11 Å². The number of nitrogens with two attached hydrogens (primary N) is 1. The molecule has 3 N–H and O–H groups in total. The first kappa shape index (κ1) is 12.7. The maximum absolute atomic E-state index is 5.69. The van der Waals surface area contributed by atoms with Gasteiger partial charge in [0, 0.05) is 19.7 Å². The van der Waals surface area contributed by atoms with Crippen LogP contribution in [0.3, 0.4) is 0 Å². The molecule has 3 heteroatoms. The predicted molar refractivity (Wildman–Crippen MR) is 65.8 cm³/mol. The molecule has 0 spiro atoms. The second-order valence-corrected chi connectivity index (χ2v) is 3.55. The van der Waals surface area contributed by atoms with Crippen molar-refractivity contribution in [1.29, 1.82) is 0 Å². The molecule has 0 radical (unpaired) electrons. The van der Waals surface area contributed by atoms with Crippen molar-refractivity contribution in [2.75, 3.05) is 20.2 Å². The van der Waals surface area contributed by atoms with E-state index in [1.807, 2.05) is 12.1 Å². The van der Waals surface area contributed by atoms with E-state index >= 15 is 0 Å². The van der Waals surface area contributed by atoms with Gasteiger partial charge in [0.1, 0.15) is 0 Å². The SMILES string of the molecule is C#CCNC(CN)c1ccc(COC)cc1. The van der Waals surface area contributed by atoms with E-state index in [-0.39, 0.29) is 6.04 Å². The van der Waals surface area contributed by atoms with Gasteiger partial charge in [-0.15, -0.1) is 6.42 Å². The number of hydrogen-bond acceptors (Lipinski definition) is 3. The average Bonchev–Trinajstić information content (AvgIpc) is 2.32. The van der Waals surface area contributed by atoms with Gasteiger partial charge in [-0.1, -0.05) is 30.2 Å². The molecule has 1 rings (SSSR count). The van der Waals surface area contributed by atoms with Crippen molar-refractivity contribution in [3.8, 4) is 12.3 Å². The zero-order valence-electron chi connectivity index (χ0n) is 9.57. The van der Waals surface area contributed by atoms with E-state index < -0.39 is 0 Å². The first-order valence-corrected chi connectivity index (χ1v) is 5.26. The number of nitrogens with one attached hydrogen (secondary N) is 1. The van der Waals surface area contributed by atoms with Crippen LogP contribution in [0.2, 0.25) is 0 Å². The van der Waals surface area contributed by atoms with Crippen LogP contribution in [0.5, 0.6) is 0 Å². The van der Waals surface area contributed by atoms with Crippen LogP contribution in [0.15, 0.2) is 24.3 Å². The molecule has 16 heavy (non-hydrogen) atoms. The van der Waals surface area contributed by atoms with E-state index in [1.165, 1.54) is 0 Å². The number of terminal acetylenes is 1. The molecule has 0 aliphatic heterocycles. The minimum atomic E-state index is 0.118. The van der Waals surface area contributed by atoms with Gasteiger partial charge in [0.05, 0.1) is 13.2 Å². The Morgan fingerprint density at radius 1 is 1.44 bits per heavy atom. The molecule has 1 unspecified atom stereocenters. The third-order valence-electron chi connectivity index (χ3n) is 2.38. The van der Waals surface area contributed by atoms with Crippen molar-refractivity contribution in [2.24, 2.45) is 5.73 Å². The van der Waals surface area contributed by atoms with E-state index in [0.29, 0.717) is 19.7 Å². The molecule has 0 saturated carbocycles. The fraction of sp³-hybridized carbons (Fsp3) is 0.385. The normalized spacial score (nSPS) is 12.1. The van der Waals surface area contributed by atoms with Gasteiger partial charge in [-0.25, -0.2) is 0 Å². The lowest BCUT2D eigenvalue weighted by molar-refractivity contribution is 0.185. The maximum Gasteiger partial charge on any atom is 0.0713 e. The highest BCUT2D eigenvalue weighted by Crippen LogP contribution is 2.13. The van der Waals surface area contributed by atoms with Crippen LogP contribution < -0.4 is 11.1 Å². The molecule has 0 aliphatic carbocycles. The van der Waals surface area contributed by atoms with Gasteiger partial charge < -0.3 is 10.5 Å². The van der Waals surface area contributed by atoms with E-state index in [9.17, 15) is 0 Å². The second kappa shape index (κ2) is 7.02. The number of hydrogen-bond donors (Lipinski definition) is 2. The topological polar surface area (TPSA) is 47.3 Å². The molecule has 3 nitrogen and oxygen atoms in total. The Labute approximate surface area is 97.0 Å². The molecule has 0 aliphatic rings. The monoisotopic (exact) mass is 218 g/mol.